The summed E-state index contributed by atoms with van der Waals surface area (Å²) in [7, 11) is 0. The van der Waals surface area contributed by atoms with Crippen molar-refractivity contribution in [3.63, 3.8) is 0 Å². The molecule has 0 N–H and O–H groups in total. The Morgan fingerprint density at radius 2 is 2.07 bits per heavy atom. The number of halogens is 1. The minimum absolute atomic E-state index is 0.147. The lowest BCUT2D eigenvalue weighted by Crippen LogP contribution is -2.06. The molecule has 78 valence electrons. The van der Waals surface area contributed by atoms with Crippen LogP contribution in [0.1, 0.15) is 13.8 Å². The summed E-state index contributed by atoms with van der Waals surface area (Å²) in [4.78, 5) is 4.34. The van der Waals surface area contributed by atoms with Gasteiger partial charge in [0.15, 0.2) is 5.75 Å². The van der Waals surface area contributed by atoms with Gasteiger partial charge < -0.3 is 4.74 Å². The molecule has 3 heteroatoms. The number of hydrogen-bond donors (Lipinski definition) is 0. The first-order chi connectivity index (χ1) is 7.18. The molecule has 0 radical (unpaired) electrons. The predicted molar refractivity (Wildman–Crippen MR) is 65.2 cm³/mol. The molecule has 0 fully saturated rings. The van der Waals surface area contributed by atoms with Crippen LogP contribution >= 0.6 is 15.9 Å². The van der Waals surface area contributed by atoms with E-state index >= 15 is 0 Å². The van der Waals surface area contributed by atoms with Gasteiger partial charge in [0.2, 0.25) is 0 Å². The van der Waals surface area contributed by atoms with E-state index in [-0.39, 0.29) is 6.10 Å². The van der Waals surface area contributed by atoms with Gasteiger partial charge in [0.1, 0.15) is 5.52 Å². The molecule has 0 spiro atoms. The monoisotopic (exact) mass is 265 g/mol. The maximum atomic E-state index is 5.75. The zero-order chi connectivity index (χ0) is 10.8. The second-order valence-electron chi connectivity index (χ2n) is 3.62. The van der Waals surface area contributed by atoms with Crippen molar-refractivity contribution in [2.75, 3.05) is 0 Å². The number of benzene rings is 1. The second-order valence-corrected chi connectivity index (χ2v) is 4.47. The van der Waals surface area contributed by atoms with Crippen LogP contribution < -0.4 is 4.74 Å². The third kappa shape index (κ3) is 2.12. The number of hydrogen-bond acceptors (Lipinski definition) is 2. The number of pyridine rings is 1. The van der Waals surface area contributed by atoms with Crippen LogP contribution in [0.25, 0.3) is 10.9 Å². The van der Waals surface area contributed by atoms with Crippen molar-refractivity contribution in [1.82, 2.24) is 4.98 Å². The van der Waals surface area contributed by atoms with Crippen LogP contribution in [-0.2, 0) is 0 Å². The molecule has 0 aliphatic carbocycles. The Labute approximate surface area is 97.4 Å². The van der Waals surface area contributed by atoms with Crippen molar-refractivity contribution in [3.8, 4) is 5.75 Å². The summed E-state index contributed by atoms with van der Waals surface area (Å²) in [6, 6.07) is 7.97. The van der Waals surface area contributed by atoms with Crippen molar-refractivity contribution in [3.05, 3.63) is 34.9 Å². The van der Waals surface area contributed by atoms with Gasteiger partial charge >= 0.3 is 0 Å². The quantitative estimate of drug-likeness (QED) is 0.825. The number of fused-ring (bicyclic) bond motifs is 1. The van der Waals surface area contributed by atoms with Gasteiger partial charge in [-0.2, -0.15) is 0 Å². The van der Waals surface area contributed by atoms with E-state index in [0.29, 0.717) is 0 Å². The van der Waals surface area contributed by atoms with Gasteiger partial charge in [0, 0.05) is 11.6 Å². The van der Waals surface area contributed by atoms with Crippen LogP contribution in [0, 0.1) is 0 Å². The molecule has 15 heavy (non-hydrogen) atoms. The van der Waals surface area contributed by atoms with E-state index in [1.165, 1.54) is 0 Å². The fourth-order valence-electron chi connectivity index (χ4n) is 1.44. The van der Waals surface area contributed by atoms with Crippen molar-refractivity contribution in [2.45, 2.75) is 20.0 Å². The Balaban J connectivity index is 2.63. The fraction of sp³-hybridized carbons (Fsp3) is 0.250. The zero-order valence-corrected chi connectivity index (χ0v) is 10.3. The van der Waals surface area contributed by atoms with E-state index in [1.807, 2.05) is 38.1 Å². The molecule has 1 aromatic carbocycles. The highest BCUT2D eigenvalue weighted by atomic mass is 79.9. The lowest BCUT2D eigenvalue weighted by Gasteiger charge is -2.13. The second kappa shape index (κ2) is 4.19. The van der Waals surface area contributed by atoms with Gasteiger partial charge in [0.05, 0.1) is 10.6 Å². The summed E-state index contributed by atoms with van der Waals surface area (Å²) >= 11 is 3.48. The van der Waals surface area contributed by atoms with Gasteiger partial charge in [-0.3, -0.25) is 4.98 Å². The molecule has 2 nitrogen and oxygen atoms in total. The van der Waals surface area contributed by atoms with Crippen LogP contribution in [0.2, 0.25) is 0 Å². The summed E-state index contributed by atoms with van der Waals surface area (Å²) in [6.45, 7) is 4.02. The van der Waals surface area contributed by atoms with Gasteiger partial charge in [-0.05, 0) is 41.9 Å². The molecule has 0 atom stereocenters. The van der Waals surface area contributed by atoms with Crippen molar-refractivity contribution >= 4 is 26.8 Å². The van der Waals surface area contributed by atoms with Crippen molar-refractivity contribution in [2.24, 2.45) is 0 Å². The highest BCUT2D eigenvalue weighted by Gasteiger charge is 2.09. The van der Waals surface area contributed by atoms with E-state index < -0.39 is 0 Å². The summed E-state index contributed by atoms with van der Waals surface area (Å²) in [5.74, 6) is 0.822. The Bertz CT molecular complexity index is 482. The summed E-state index contributed by atoms with van der Waals surface area (Å²) in [5, 5.41) is 1.09. The molecular formula is C12H12BrNO. The summed E-state index contributed by atoms with van der Waals surface area (Å²) in [6.07, 6.45) is 1.93. The molecule has 0 unspecified atom stereocenters. The SMILES string of the molecule is CC(C)Oc1c(Br)ccc2cccnc12. The lowest BCUT2D eigenvalue weighted by atomic mass is 10.2. The minimum atomic E-state index is 0.147. The van der Waals surface area contributed by atoms with E-state index in [1.54, 1.807) is 6.20 Å². The van der Waals surface area contributed by atoms with E-state index in [0.717, 1.165) is 21.1 Å². The maximum absolute atomic E-state index is 5.75. The zero-order valence-electron chi connectivity index (χ0n) is 8.70. The molecule has 0 bridgehead atoms. The van der Waals surface area contributed by atoms with E-state index in [4.69, 9.17) is 4.74 Å². The van der Waals surface area contributed by atoms with Crippen LogP contribution in [0.5, 0.6) is 5.75 Å². The topological polar surface area (TPSA) is 22.1 Å². The maximum Gasteiger partial charge on any atom is 0.160 e. The van der Waals surface area contributed by atoms with Crippen molar-refractivity contribution < 1.29 is 4.74 Å². The lowest BCUT2D eigenvalue weighted by molar-refractivity contribution is 0.243. The van der Waals surface area contributed by atoms with Crippen molar-refractivity contribution in [1.29, 1.82) is 0 Å². The molecule has 0 saturated heterocycles. The standard InChI is InChI=1S/C12H12BrNO/c1-8(2)15-12-10(13)6-5-9-4-3-7-14-11(9)12/h3-8H,1-2H3. The normalized spacial score (nSPS) is 10.9. The molecule has 2 aromatic rings. The Morgan fingerprint density at radius 1 is 1.27 bits per heavy atom. The van der Waals surface area contributed by atoms with Crippen LogP contribution in [0.4, 0.5) is 0 Å². The molecule has 2 rings (SSSR count). The minimum Gasteiger partial charge on any atom is -0.488 e. The molecule has 0 aliphatic rings. The van der Waals surface area contributed by atoms with Crippen LogP contribution in [0.15, 0.2) is 34.9 Å². The van der Waals surface area contributed by atoms with Gasteiger partial charge in [-0.1, -0.05) is 12.1 Å². The molecule has 0 amide bonds. The van der Waals surface area contributed by atoms with Gasteiger partial charge in [-0.25, -0.2) is 0 Å². The molecular weight excluding hydrogens is 254 g/mol. The first-order valence-electron chi connectivity index (χ1n) is 4.88. The summed E-state index contributed by atoms with van der Waals surface area (Å²) < 4.78 is 6.70. The Kier molecular flexibility index (Phi) is 2.91. The third-order valence-corrected chi connectivity index (χ3v) is 2.66. The molecule has 0 aliphatic heterocycles. The number of ether oxygens (including phenoxy) is 1. The fourth-order valence-corrected chi connectivity index (χ4v) is 1.85. The highest BCUT2D eigenvalue weighted by Crippen LogP contribution is 2.32. The number of nitrogens with zero attached hydrogens (tertiary/aromatic N) is 1. The third-order valence-electron chi connectivity index (χ3n) is 2.03. The number of aromatic nitrogens is 1. The first-order valence-corrected chi connectivity index (χ1v) is 5.67. The van der Waals surface area contributed by atoms with E-state index in [9.17, 15) is 0 Å². The molecule has 1 heterocycles. The van der Waals surface area contributed by atoms with Gasteiger partial charge in [0.25, 0.3) is 0 Å². The summed E-state index contributed by atoms with van der Waals surface area (Å²) in [5.41, 5.74) is 0.903. The smallest absolute Gasteiger partial charge is 0.160 e. The first kappa shape index (κ1) is 10.4. The number of rotatable bonds is 2. The van der Waals surface area contributed by atoms with Crippen LogP contribution in [0.3, 0.4) is 0 Å². The Hall–Kier alpha value is -1.09. The average Bonchev–Trinajstić information content (AvgIpc) is 2.22. The average molecular weight is 266 g/mol. The largest absolute Gasteiger partial charge is 0.488 e. The van der Waals surface area contributed by atoms with Gasteiger partial charge in [-0.15, -0.1) is 0 Å². The van der Waals surface area contributed by atoms with E-state index in [2.05, 4.69) is 20.9 Å². The van der Waals surface area contributed by atoms with Crippen LogP contribution in [-0.4, -0.2) is 11.1 Å². The highest BCUT2D eigenvalue weighted by molar-refractivity contribution is 9.10. The molecule has 1 aromatic heterocycles. The Morgan fingerprint density at radius 3 is 2.80 bits per heavy atom. The molecule has 0 saturated carbocycles. The predicted octanol–water partition coefficient (Wildman–Crippen LogP) is 3.78.